The van der Waals surface area contributed by atoms with Crippen LogP contribution in [0.3, 0.4) is 0 Å². The molecule has 1 unspecified atom stereocenters. The van der Waals surface area contributed by atoms with Gasteiger partial charge in [0.25, 0.3) is 0 Å². The van der Waals surface area contributed by atoms with Crippen LogP contribution in [0.15, 0.2) is 78.4 Å². The number of pyridine rings is 1. The topological polar surface area (TPSA) is 97.5 Å². The van der Waals surface area contributed by atoms with Crippen LogP contribution in [0, 0.1) is 5.92 Å². The molecule has 0 spiro atoms. The second kappa shape index (κ2) is 11.7. The lowest BCUT2D eigenvalue weighted by Gasteiger charge is -2.25. The molecule has 1 atom stereocenters. The number of aromatic nitrogens is 3. The number of aliphatic carboxylic acids is 1. The van der Waals surface area contributed by atoms with E-state index in [1.54, 1.807) is 23.2 Å². The van der Waals surface area contributed by atoms with E-state index in [2.05, 4.69) is 4.98 Å². The number of carbonyl (C=O) groups excluding carboxylic acids is 1. The molecule has 5 aromatic rings. The summed E-state index contributed by atoms with van der Waals surface area (Å²) in [5, 5.41) is 13.0. The highest BCUT2D eigenvalue weighted by Crippen LogP contribution is 2.41. The molecule has 0 bridgehead atoms. The molecule has 0 aliphatic heterocycles. The Balaban J connectivity index is 1.37. The zero-order chi connectivity index (χ0) is 29.2. The normalized spacial score (nSPS) is 13.7. The minimum absolute atomic E-state index is 0.0195. The van der Waals surface area contributed by atoms with E-state index >= 15 is 0 Å². The van der Waals surface area contributed by atoms with E-state index in [0.717, 1.165) is 46.1 Å². The van der Waals surface area contributed by atoms with E-state index < -0.39 is 18.7 Å². The predicted octanol–water partition coefficient (Wildman–Crippen LogP) is 6.50. The molecule has 1 amide bonds. The molecular formula is C32H29FN4O4S. The highest BCUT2D eigenvalue weighted by atomic mass is 32.1. The second-order valence-electron chi connectivity index (χ2n) is 10.5. The van der Waals surface area contributed by atoms with E-state index in [-0.39, 0.29) is 18.4 Å². The van der Waals surface area contributed by atoms with Gasteiger partial charge in [-0.1, -0.05) is 30.3 Å². The molecule has 3 aromatic heterocycles. The summed E-state index contributed by atoms with van der Waals surface area (Å²) in [4.78, 5) is 36.9. The smallest absolute Gasteiger partial charge is 0.304 e. The molecule has 10 heteroatoms. The lowest BCUT2D eigenvalue weighted by molar-refractivity contribution is -0.140. The van der Waals surface area contributed by atoms with Crippen molar-refractivity contribution in [2.45, 2.75) is 31.7 Å². The number of carbonyl (C=O) groups is 2. The first kappa shape index (κ1) is 27.6. The van der Waals surface area contributed by atoms with Gasteiger partial charge in [-0.25, -0.2) is 14.4 Å². The largest absolute Gasteiger partial charge is 0.481 e. The standard InChI is InChI=1S/C32H29FN4O4S/c1-36-12-11-21-14-23(17-34-30(21)36)26-10-9-25(41-19-33)16-27(26)28-18-42-32(35-28)37(24-7-8-24)31(40)22(15-29(38)39)13-20-5-3-2-4-6-20/h2-6,9-12,14,16-18,22,24H,7-8,13,15,19H2,1H3,(H,38,39). The van der Waals surface area contributed by atoms with Crippen molar-refractivity contribution in [1.82, 2.24) is 14.5 Å². The molecule has 42 heavy (non-hydrogen) atoms. The van der Waals surface area contributed by atoms with Gasteiger partial charge in [0, 0.05) is 47.4 Å². The molecule has 1 N–H and O–H groups in total. The molecule has 214 valence electrons. The van der Waals surface area contributed by atoms with Crippen LogP contribution in [0.2, 0.25) is 0 Å². The number of amides is 1. The number of hydrogen-bond donors (Lipinski definition) is 1. The number of anilines is 1. The Kier molecular flexibility index (Phi) is 7.71. The van der Waals surface area contributed by atoms with E-state index in [0.29, 0.717) is 23.0 Å². The summed E-state index contributed by atoms with van der Waals surface area (Å²) >= 11 is 1.33. The number of rotatable bonds is 11. The third-order valence-electron chi connectivity index (χ3n) is 7.45. The van der Waals surface area contributed by atoms with Gasteiger partial charge < -0.3 is 14.4 Å². The van der Waals surface area contributed by atoms with E-state index in [9.17, 15) is 19.1 Å². The average Bonchev–Trinajstić information content (AvgIpc) is 3.58. The summed E-state index contributed by atoms with van der Waals surface area (Å²) < 4.78 is 20.2. The quantitative estimate of drug-likeness (QED) is 0.190. The summed E-state index contributed by atoms with van der Waals surface area (Å²) in [6.07, 6.45) is 5.47. The third kappa shape index (κ3) is 5.75. The summed E-state index contributed by atoms with van der Waals surface area (Å²) in [7, 11) is 1.94. The maximum atomic E-state index is 13.9. The van der Waals surface area contributed by atoms with Crippen LogP contribution in [0.5, 0.6) is 5.75 Å². The van der Waals surface area contributed by atoms with Gasteiger partial charge >= 0.3 is 5.97 Å². The number of nitrogens with zero attached hydrogens (tertiary/aromatic N) is 4. The Morgan fingerprint density at radius 1 is 1.14 bits per heavy atom. The van der Waals surface area contributed by atoms with Crippen molar-refractivity contribution in [3.63, 3.8) is 0 Å². The zero-order valence-corrected chi connectivity index (χ0v) is 23.8. The molecule has 3 heterocycles. The van der Waals surface area contributed by atoms with Crippen molar-refractivity contribution in [2.24, 2.45) is 13.0 Å². The molecule has 0 radical (unpaired) electrons. The minimum Gasteiger partial charge on any atom is -0.481 e. The average molecular weight is 585 g/mol. The van der Waals surface area contributed by atoms with E-state index in [1.807, 2.05) is 71.7 Å². The van der Waals surface area contributed by atoms with Crippen LogP contribution in [0.1, 0.15) is 24.8 Å². The van der Waals surface area contributed by atoms with Gasteiger partial charge in [0.1, 0.15) is 11.4 Å². The van der Waals surface area contributed by atoms with Crippen LogP contribution >= 0.6 is 11.3 Å². The molecule has 0 saturated heterocycles. The lowest BCUT2D eigenvalue weighted by Crippen LogP contribution is -2.39. The number of thiazole rings is 1. The van der Waals surface area contributed by atoms with Crippen LogP contribution in [0.4, 0.5) is 9.52 Å². The SMILES string of the molecule is Cn1ccc2cc(-c3ccc(OCF)cc3-c3csc(N(C(=O)C(CC(=O)O)Cc4ccccc4)C4CC4)n3)cnc21. The van der Waals surface area contributed by atoms with Crippen molar-refractivity contribution in [2.75, 3.05) is 11.8 Å². The van der Waals surface area contributed by atoms with Gasteiger partial charge in [0.2, 0.25) is 12.8 Å². The van der Waals surface area contributed by atoms with Crippen molar-refractivity contribution in [1.29, 1.82) is 0 Å². The van der Waals surface area contributed by atoms with Gasteiger partial charge in [-0.05, 0) is 60.7 Å². The monoisotopic (exact) mass is 584 g/mol. The number of benzene rings is 2. The van der Waals surface area contributed by atoms with Gasteiger partial charge in [-0.15, -0.1) is 11.3 Å². The fourth-order valence-electron chi connectivity index (χ4n) is 5.26. The van der Waals surface area contributed by atoms with Crippen molar-refractivity contribution < 1.29 is 23.8 Å². The maximum Gasteiger partial charge on any atom is 0.304 e. The van der Waals surface area contributed by atoms with Gasteiger partial charge in [0.15, 0.2) is 5.13 Å². The molecular weight excluding hydrogens is 555 g/mol. The number of fused-ring (bicyclic) bond motifs is 1. The van der Waals surface area contributed by atoms with E-state index in [1.165, 1.54) is 11.3 Å². The van der Waals surface area contributed by atoms with Crippen LogP contribution in [0.25, 0.3) is 33.4 Å². The number of aryl methyl sites for hydroxylation is 1. The van der Waals surface area contributed by atoms with Gasteiger partial charge in [-0.2, -0.15) is 0 Å². The Bertz CT molecular complexity index is 1750. The van der Waals surface area contributed by atoms with Crippen molar-refractivity contribution in [3.05, 3.63) is 84.0 Å². The highest BCUT2D eigenvalue weighted by molar-refractivity contribution is 7.14. The lowest BCUT2D eigenvalue weighted by atomic mass is 9.94. The van der Waals surface area contributed by atoms with Crippen LogP contribution < -0.4 is 9.64 Å². The fourth-order valence-corrected chi connectivity index (χ4v) is 6.16. The van der Waals surface area contributed by atoms with Crippen LogP contribution in [-0.4, -0.2) is 44.4 Å². The molecule has 1 aliphatic rings. The number of alkyl halides is 1. The molecule has 1 fully saturated rings. The summed E-state index contributed by atoms with van der Waals surface area (Å²) in [5.74, 6) is -1.62. The Labute approximate surface area is 246 Å². The summed E-state index contributed by atoms with van der Waals surface area (Å²) in [6.45, 7) is -0.963. The summed E-state index contributed by atoms with van der Waals surface area (Å²) in [5.41, 5.74) is 4.80. The highest BCUT2D eigenvalue weighted by Gasteiger charge is 2.39. The second-order valence-corrected chi connectivity index (χ2v) is 11.3. The Morgan fingerprint density at radius 2 is 1.95 bits per heavy atom. The van der Waals surface area contributed by atoms with Crippen molar-refractivity contribution >= 4 is 39.4 Å². The number of hydrogen-bond acceptors (Lipinski definition) is 6. The Hall–Kier alpha value is -4.57. The number of halogens is 1. The minimum atomic E-state index is -1.02. The molecule has 1 aliphatic carbocycles. The molecule has 1 saturated carbocycles. The molecule has 2 aromatic carbocycles. The van der Waals surface area contributed by atoms with Crippen LogP contribution in [-0.2, 0) is 23.1 Å². The van der Waals surface area contributed by atoms with E-state index in [4.69, 9.17) is 9.72 Å². The predicted molar refractivity (Wildman–Crippen MR) is 160 cm³/mol. The van der Waals surface area contributed by atoms with Gasteiger partial charge in [-0.3, -0.25) is 14.5 Å². The Morgan fingerprint density at radius 3 is 2.69 bits per heavy atom. The van der Waals surface area contributed by atoms with Gasteiger partial charge in [0.05, 0.1) is 18.0 Å². The fraction of sp³-hybridized carbons (Fsp3) is 0.250. The van der Waals surface area contributed by atoms with Crippen molar-refractivity contribution in [3.8, 4) is 28.1 Å². The first-order chi connectivity index (χ1) is 20.4. The zero-order valence-electron chi connectivity index (χ0n) is 22.9. The molecule has 8 nitrogen and oxygen atoms in total. The first-order valence-corrected chi connectivity index (χ1v) is 14.6. The summed E-state index contributed by atoms with van der Waals surface area (Å²) in [6, 6.07) is 18.8. The number of carboxylic acid groups (broad SMARTS) is 1. The first-order valence-electron chi connectivity index (χ1n) is 13.7. The molecule has 6 rings (SSSR count). The number of carboxylic acids is 1. The maximum absolute atomic E-state index is 13.9. The number of ether oxygens (including phenoxy) is 1. The third-order valence-corrected chi connectivity index (χ3v) is 8.29.